The van der Waals surface area contributed by atoms with Crippen LogP contribution in [0.1, 0.15) is 20.8 Å². The Morgan fingerprint density at radius 1 is 1.21 bits per heavy atom. The van der Waals surface area contributed by atoms with Crippen LogP contribution in [0.15, 0.2) is 22.7 Å². The molecule has 0 saturated heterocycles. The molecule has 1 rings (SSSR count). The molecule has 0 aliphatic heterocycles. The highest BCUT2D eigenvalue weighted by Crippen LogP contribution is 2.36. The van der Waals surface area contributed by atoms with E-state index in [0.29, 0.717) is 24.0 Å². The smallest absolute Gasteiger partial charge is 0.192 e. The van der Waals surface area contributed by atoms with Crippen LogP contribution in [0.25, 0.3) is 0 Å². The molecular formula is C14H22BrClO2Si. The minimum Gasteiger partial charge on any atom is -0.490 e. The van der Waals surface area contributed by atoms with E-state index in [9.17, 15) is 0 Å². The van der Waals surface area contributed by atoms with Gasteiger partial charge in [0.15, 0.2) is 8.32 Å². The van der Waals surface area contributed by atoms with Crippen LogP contribution in [0, 0.1) is 0 Å². The van der Waals surface area contributed by atoms with Gasteiger partial charge in [-0.05, 0) is 36.3 Å². The van der Waals surface area contributed by atoms with E-state index < -0.39 is 8.32 Å². The lowest BCUT2D eigenvalue weighted by molar-refractivity contribution is 0.203. The predicted octanol–water partition coefficient (Wildman–Crippen LogP) is 5.50. The van der Waals surface area contributed by atoms with Crippen molar-refractivity contribution in [3.63, 3.8) is 0 Å². The van der Waals surface area contributed by atoms with Gasteiger partial charge in [0.05, 0.1) is 11.6 Å². The van der Waals surface area contributed by atoms with E-state index in [1.54, 1.807) is 0 Å². The zero-order valence-electron chi connectivity index (χ0n) is 12.2. The average molecular weight is 366 g/mol. The van der Waals surface area contributed by atoms with Gasteiger partial charge in [-0.15, -0.1) is 0 Å². The molecule has 0 saturated carbocycles. The van der Waals surface area contributed by atoms with E-state index >= 15 is 0 Å². The van der Waals surface area contributed by atoms with E-state index in [-0.39, 0.29) is 5.04 Å². The van der Waals surface area contributed by atoms with Gasteiger partial charge in [-0.2, -0.15) is 0 Å². The van der Waals surface area contributed by atoms with E-state index in [1.807, 2.05) is 18.2 Å². The summed E-state index contributed by atoms with van der Waals surface area (Å²) in [6.07, 6.45) is 0. The fraction of sp³-hybridized carbons (Fsp3) is 0.571. The number of rotatable bonds is 5. The molecule has 0 unspecified atom stereocenters. The van der Waals surface area contributed by atoms with Crippen LogP contribution >= 0.6 is 27.5 Å². The third-order valence-corrected chi connectivity index (χ3v) is 8.85. The zero-order valence-corrected chi connectivity index (χ0v) is 15.6. The second-order valence-electron chi connectivity index (χ2n) is 6.03. The molecule has 108 valence electrons. The molecule has 0 atom stereocenters. The van der Waals surface area contributed by atoms with Crippen molar-refractivity contribution in [3.05, 3.63) is 27.7 Å². The number of ether oxygens (including phenoxy) is 1. The SMILES string of the molecule is CC(C)(C)[Si](C)(C)OCCOc1cc(Br)ccc1Cl. The Bertz CT molecular complexity index is 430. The molecule has 0 amide bonds. The molecule has 0 fully saturated rings. The fourth-order valence-electron chi connectivity index (χ4n) is 1.25. The molecule has 0 spiro atoms. The van der Waals surface area contributed by atoms with Crippen molar-refractivity contribution in [1.82, 2.24) is 0 Å². The van der Waals surface area contributed by atoms with Crippen molar-refractivity contribution in [2.45, 2.75) is 38.9 Å². The first-order valence-electron chi connectivity index (χ1n) is 6.35. The monoisotopic (exact) mass is 364 g/mol. The molecule has 1 aromatic carbocycles. The summed E-state index contributed by atoms with van der Waals surface area (Å²) in [5.74, 6) is 0.690. The van der Waals surface area contributed by atoms with Gasteiger partial charge < -0.3 is 9.16 Å². The summed E-state index contributed by atoms with van der Waals surface area (Å²) in [5.41, 5.74) is 0. The van der Waals surface area contributed by atoms with Crippen LogP contribution in [0.2, 0.25) is 23.2 Å². The van der Waals surface area contributed by atoms with Crippen molar-refractivity contribution >= 4 is 35.8 Å². The maximum Gasteiger partial charge on any atom is 0.192 e. The highest BCUT2D eigenvalue weighted by Gasteiger charge is 2.36. The second kappa shape index (κ2) is 6.61. The summed E-state index contributed by atoms with van der Waals surface area (Å²) >= 11 is 9.46. The third kappa shape index (κ3) is 5.10. The Hall–Kier alpha value is -0.0331. The van der Waals surface area contributed by atoms with Gasteiger partial charge in [0.2, 0.25) is 0 Å². The molecule has 5 heteroatoms. The van der Waals surface area contributed by atoms with Gasteiger partial charge in [0.1, 0.15) is 12.4 Å². The molecule has 0 radical (unpaired) electrons. The van der Waals surface area contributed by atoms with Gasteiger partial charge in [-0.25, -0.2) is 0 Å². The highest BCUT2D eigenvalue weighted by atomic mass is 79.9. The summed E-state index contributed by atoms with van der Waals surface area (Å²) in [6, 6.07) is 5.58. The minimum absolute atomic E-state index is 0.223. The summed E-state index contributed by atoms with van der Waals surface area (Å²) < 4.78 is 12.7. The van der Waals surface area contributed by atoms with Crippen molar-refractivity contribution < 1.29 is 9.16 Å². The molecule has 2 nitrogen and oxygen atoms in total. The lowest BCUT2D eigenvalue weighted by atomic mass is 10.2. The number of benzene rings is 1. The molecule has 0 aliphatic rings. The van der Waals surface area contributed by atoms with Crippen molar-refractivity contribution in [2.75, 3.05) is 13.2 Å². The van der Waals surface area contributed by atoms with Crippen LogP contribution in [0.3, 0.4) is 0 Å². The largest absolute Gasteiger partial charge is 0.490 e. The Labute approximate surface area is 130 Å². The van der Waals surface area contributed by atoms with Crippen LogP contribution in [-0.2, 0) is 4.43 Å². The van der Waals surface area contributed by atoms with Crippen LogP contribution in [-0.4, -0.2) is 21.5 Å². The van der Waals surface area contributed by atoms with Gasteiger partial charge >= 0.3 is 0 Å². The molecule has 19 heavy (non-hydrogen) atoms. The summed E-state index contributed by atoms with van der Waals surface area (Å²) in [5, 5.41) is 0.843. The van der Waals surface area contributed by atoms with Gasteiger partial charge in [0.25, 0.3) is 0 Å². The summed E-state index contributed by atoms with van der Waals surface area (Å²) in [4.78, 5) is 0. The number of halogens is 2. The predicted molar refractivity (Wildman–Crippen MR) is 87.8 cm³/mol. The second-order valence-corrected chi connectivity index (χ2v) is 12.2. The molecule has 0 N–H and O–H groups in total. The molecular weight excluding hydrogens is 344 g/mol. The Morgan fingerprint density at radius 3 is 2.42 bits per heavy atom. The van der Waals surface area contributed by atoms with Gasteiger partial charge in [-0.1, -0.05) is 48.3 Å². The first-order valence-corrected chi connectivity index (χ1v) is 10.4. The van der Waals surface area contributed by atoms with Crippen LogP contribution < -0.4 is 4.74 Å². The number of hydrogen-bond acceptors (Lipinski definition) is 2. The Kier molecular flexibility index (Phi) is 5.92. The first-order chi connectivity index (χ1) is 8.63. The normalized spacial score (nSPS) is 12.6. The first kappa shape index (κ1) is 17.0. The van der Waals surface area contributed by atoms with Gasteiger partial charge in [-0.3, -0.25) is 0 Å². The maximum absolute atomic E-state index is 6.06. The van der Waals surface area contributed by atoms with E-state index in [1.165, 1.54) is 0 Å². The zero-order chi connectivity index (χ0) is 14.7. The van der Waals surface area contributed by atoms with E-state index in [0.717, 1.165) is 4.47 Å². The van der Waals surface area contributed by atoms with Crippen molar-refractivity contribution in [3.8, 4) is 5.75 Å². The lowest BCUT2D eigenvalue weighted by Crippen LogP contribution is -2.41. The summed E-state index contributed by atoms with van der Waals surface area (Å²) in [6.45, 7) is 12.3. The Morgan fingerprint density at radius 2 is 1.84 bits per heavy atom. The van der Waals surface area contributed by atoms with Crippen molar-refractivity contribution in [1.29, 1.82) is 0 Å². The third-order valence-electron chi connectivity index (χ3n) is 3.50. The Balaban J connectivity index is 2.45. The van der Waals surface area contributed by atoms with Gasteiger partial charge in [0, 0.05) is 4.47 Å². The lowest BCUT2D eigenvalue weighted by Gasteiger charge is -2.36. The topological polar surface area (TPSA) is 18.5 Å². The molecule has 0 aromatic heterocycles. The minimum atomic E-state index is -1.69. The molecule has 0 aliphatic carbocycles. The van der Waals surface area contributed by atoms with Crippen molar-refractivity contribution in [2.24, 2.45) is 0 Å². The fourth-order valence-corrected chi connectivity index (χ4v) is 2.79. The van der Waals surface area contributed by atoms with E-state index in [4.69, 9.17) is 20.8 Å². The molecule has 0 bridgehead atoms. The summed E-state index contributed by atoms with van der Waals surface area (Å²) in [7, 11) is -1.69. The number of hydrogen-bond donors (Lipinski definition) is 0. The van der Waals surface area contributed by atoms with Crippen LogP contribution in [0.5, 0.6) is 5.75 Å². The quantitative estimate of drug-likeness (QED) is 0.506. The molecule has 1 aromatic rings. The highest BCUT2D eigenvalue weighted by molar-refractivity contribution is 9.10. The average Bonchev–Trinajstić information content (AvgIpc) is 2.27. The van der Waals surface area contributed by atoms with Crippen LogP contribution in [0.4, 0.5) is 0 Å². The van der Waals surface area contributed by atoms with E-state index in [2.05, 4.69) is 49.8 Å². The standard InChI is InChI=1S/C14H22BrClO2Si/c1-14(2,3)19(4,5)18-9-8-17-13-10-11(15)6-7-12(13)16/h6-7,10H,8-9H2,1-5H3. The maximum atomic E-state index is 6.06. The molecule has 0 heterocycles.